The van der Waals surface area contributed by atoms with Crippen LogP contribution in [0.1, 0.15) is 20.8 Å². The van der Waals surface area contributed by atoms with Gasteiger partial charge in [0.2, 0.25) is 0 Å². The highest BCUT2D eigenvalue weighted by molar-refractivity contribution is 5.09. The van der Waals surface area contributed by atoms with Gasteiger partial charge in [-0.25, -0.2) is 0 Å². The van der Waals surface area contributed by atoms with Crippen LogP contribution in [0.5, 0.6) is 0 Å². The Hall–Kier alpha value is -0.0800. The molecule has 1 saturated carbocycles. The standard InChI is InChI=1S/C10H20N2/c1-8-9(10(8,2)3)12-6-4-11-5-7-12/h8-9,11H,4-7H2,1-3H3. The molecule has 1 heterocycles. The van der Waals surface area contributed by atoms with Crippen LogP contribution in [0.25, 0.3) is 0 Å². The highest BCUT2D eigenvalue weighted by Gasteiger charge is 2.57. The predicted octanol–water partition coefficient (Wildman–Crippen LogP) is 0.936. The molecule has 0 aromatic carbocycles. The number of hydrogen-bond donors (Lipinski definition) is 1. The van der Waals surface area contributed by atoms with Gasteiger partial charge in [-0.05, 0) is 11.3 Å². The summed E-state index contributed by atoms with van der Waals surface area (Å²) in [6.07, 6.45) is 0. The van der Waals surface area contributed by atoms with Gasteiger partial charge in [-0.2, -0.15) is 0 Å². The number of nitrogens with zero attached hydrogens (tertiary/aromatic N) is 1. The molecule has 2 aliphatic rings. The Kier molecular flexibility index (Phi) is 1.92. The molecule has 0 spiro atoms. The van der Waals surface area contributed by atoms with E-state index in [0.717, 1.165) is 12.0 Å². The van der Waals surface area contributed by atoms with Crippen LogP contribution in [0.4, 0.5) is 0 Å². The Morgan fingerprint density at radius 3 is 2.17 bits per heavy atom. The van der Waals surface area contributed by atoms with Crippen molar-refractivity contribution < 1.29 is 0 Å². The van der Waals surface area contributed by atoms with Gasteiger partial charge >= 0.3 is 0 Å². The van der Waals surface area contributed by atoms with Gasteiger partial charge in [0, 0.05) is 32.2 Å². The zero-order valence-corrected chi connectivity index (χ0v) is 8.43. The summed E-state index contributed by atoms with van der Waals surface area (Å²) in [6, 6.07) is 0.861. The smallest absolute Gasteiger partial charge is 0.0182 e. The van der Waals surface area contributed by atoms with Gasteiger partial charge in [0.25, 0.3) is 0 Å². The molecule has 0 radical (unpaired) electrons. The Balaban J connectivity index is 1.93. The van der Waals surface area contributed by atoms with Crippen LogP contribution in [0.15, 0.2) is 0 Å². The molecule has 0 aromatic heterocycles. The average molecular weight is 168 g/mol. The van der Waals surface area contributed by atoms with Gasteiger partial charge in [-0.15, -0.1) is 0 Å². The molecule has 0 aromatic rings. The molecule has 2 fully saturated rings. The first-order valence-corrected chi connectivity index (χ1v) is 5.09. The van der Waals surface area contributed by atoms with Crippen molar-refractivity contribution in [3.05, 3.63) is 0 Å². The highest BCUT2D eigenvalue weighted by atomic mass is 15.3. The summed E-state index contributed by atoms with van der Waals surface area (Å²) in [6.45, 7) is 12.0. The van der Waals surface area contributed by atoms with Crippen molar-refractivity contribution in [1.82, 2.24) is 10.2 Å². The van der Waals surface area contributed by atoms with Crippen molar-refractivity contribution in [3.63, 3.8) is 0 Å². The fraction of sp³-hybridized carbons (Fsp3) is 1.00. The molecule has 2 unspecified atom stereocenters. The highest BCUT2D eigenvalue weighted by Crippen LogP contribution is 2.54. The number of nitrogens with one attached hydrogen (secondary N) is 1. The molecule has 1 saturated heterocycles. The molecule has 1 aliphatic carbocycles. The lowest BCUT2D eigenvalue weighted by Crippen LogP contribution is -2.45. The van der Waals surface area contributed by atoms with Crippen LogP contribution in [0.2, 0.25) is 0 Å². The summed E-state index contributed by atoms with van der Waals surface area (Å²) in [5, 5.41) is 3.40. The van der Waals surface area contributed by atoms with Crippen molar-refractivity contribution in [2.75, 3.05) is 26.2 Å². The maximum Gasteiger partial charge on any atom is 0.0182 e. The molecule has 70 valence electrons. The van der Waals surface area contributed by atoms with Crippen LogP contribution >= 0.6 is 0 Å². The zero-order chi connectivity index (χ0) is 8.77. The van der Waals surface area contributed by atoms with E-state index in [9.17, 15) is 0 Å². The first kappa shape index (κ1) is 8.52. The van der Waals surface area contributed by atoms with E-state index >= 15 is 0 Å². The first-order chi connectivity index (χ1) is 5.64. The van der Waals surface area contributed by atoms with Gasteiger partial charge < -0.3 is 5.32 Å². The van der Waals surface area contributed by atoms with E-state index in [-0.39, 0.29) is 0 Å². The van der Waals surface area contributed by atoms with E-state index in [4.69, 9.17) is 0 Å². The number of rotatable bonds is 1. The summed E-state index contributed by atoms with van der Waals surface area (Å²) < 4.78 is 0. The quantitative estimate of drug-likeness (QED) is 0.627. The zero-order valence-electron chi connectivity index (χ0n) is 8.43. The van der Waals surface area contributed by atoms with E-state index in [2.05, 4.69) is 31.0 Å². The molecule has 1 aliphatic heterocycles. The van der Waals surface area contributed by atoms with E-state index < -0.39 is 0 Å². The molecule has 0 bridgehead atoms. The van der Waals surface area contributed by atoms with Crippen molar-refractivity contribution in [2.45, 2.75) is 26.8 Å². The number of hydrogen-bond acceptors (Lipinski definition) is 2. The first-order valence-electron chi connectivity index (χ1n) is 5.09. The average Bonchev–Trinajstić information content (AvgIpc) is 2.53. The van der Waals surface area contributed by atoms with Gasteiger partial charge in [0.05, 0.1) is 0 Å². The molecule has 12 heavy (non-hydrogen) atoms. The van der Waals surface area contributed by atoms with Gasteiger partial charge in [0.1, 0.15) is 0 Å². The minimum Gasteiger partial charge on any atom is -0.314 e. The Morgan fingerprint density at radius 1 is 1.25 bits per heavy atom. The fourth-order valence-electron chi connectivity index (χ4n) is 2.61. The normalized spacial score (nSPS) is 41.2. The summed E-state index contributed by atoms with van der Waals surface area (Å²) in [7, 11) is 0. The van der Waals surface area contributed by atoms with Crippen molar-refractivity contribution in [2.24, 2.45) is 11.3 Å². The maximum absolute atomic E-state index is 3.40. The summed E-state index contributed by atoms with van der Waals surface area (Å²) in [4.78, 5) is 2.65. The van der Waals surface area contributed by atoms with Crippen LogP contribution in [-0.4, -0.2) is 37.1 Å². The Labute approximate surface area is 75.3 Å². The van der Waals surface area contributed by atoms with Crippen LogP contribution in [0.3, 0.4) is 0 Å². The van der Waals surface area contributed by atoms with Crippen molar-refractivity contribution in [3.8, 4) is 0 Å². The van der Waals surface area contributed by atoms with E-state index in [1.54, 1.807) is 0 Å². The number of piperazine rings is 1. The lowest BCUT2D eigenvalue weighted by molar-refractivity contribution is 0.206. The maximum atomic E-state index is 3.40. The van der Waals surface area contributed by atoms with Crippen LogP contribution in [0, 0.1) is 11.3 Å². The molecule has 2 heteroatoms. The topological polar surface area (TPSA) is 15.3 Å². The summed E-state index contributed by atoms with van der Waals surface area (Å²) in [5.41, 5.74) is 0.581. The largest absolute Gasteiger partial charge is 0.314 e. The van der Waals surface area contributed by atoms with E-state index in [1.165, 1.54) is 26.2 Å². The third-order valence-electron chi connectivity index (χ3n) is 3.85. The second kappa shape index (κ2) is 2.71. The third-order valence-corrected chi connectivity index (χ3v) is 3.85. The molecular formula is C10H20N2. The van der Waals surface area contributed by atoms with Gasteiger partial charge in [-0.3, -0.25) is 4.90 Å². The minimum atomic E-state index is 0.581. The molecular weight excluding hydrogens is 148 g/mol. The Bertz CT molecular complexity index is 171. The molecule has 0 amide bonds. The molecule has 1 N–H and O–H groups in total. The fourth-order valence-corrected chi connectivity index (χ4v) is 2.61. The lowest BCUT2D eigenvalue weighted by Gasteiger charge is -2.28. The molecule has 2 rings (SSSR count). The summed E-state index contributed by atoms with van der Waals surface area (Å²) >= 11 is 0. The minimum absolute atomic E-state index is 0.581. The summed E-state index contributed by atoms with van der Waals surface area (Å²) in [5.74, 6) is 0.899. The second-order valence-corrected chi connectivity index (χ2v) is 4.84. The molecule has 2 nitrogen and oxygen atoms in total. The van der Waals surface area contributed by atoms with Crippen LogP contribution < -0.4 is 5.32 Å². The van der Waals surface area contributed by atoms with E-state index in [1.807, 2.05) is 0 Å². The van der Waals surface area contributed by atoms with Gasteiger partial charge in [-0.1, -0.05) is 20.8 Å². The Morgan fingerprint density at radius 2 is 1.75 bits per heavy atom. The van der Waals surface area contributed by atoms with Crippen LogP contribution in [-0.2, 0) is 0 Å². The van der Waals surface area contributed by atoms with E-state index in [0.29, 0.717) is 5.41 Å². The van der Waals surface area contributed by atoms with Crippen molar-refractivity contribution in [1.29, 1.82) is 0 Å². The third kappa shape index (κ3) is 1.17. The predicted molar refractivity (Wildman–Crippen MR) is 51.2 cm³/mol. The van der Waals surface area contributed by atoms with Crippen molar-refractivity contribution >= 4 is 0 Å². The lowest BCUT2D eigenvalue weighted by atomic mass is 10.1. The SMILES string of the molecule is CC1C(N2CCNCC2)C1(C)C. The molecule has 2 atom stereocenters. The monoisotopic (exact) mass is 168 g/mol. The second-order valence-electron chi connectivity index (χ2n) is 4.84. The van der Waals surface area contributed by atoms with Gasteiger partial charge in [0.15, 0.2) is 0 Å².